The normalized spacial score (nSPS) is 10.9. The Morgan fingerprint density at radius 2 is 1.67 bits per heavy atom. The Balaban J connectivity index is 2.41. The number of hydrogen-bond donors (Lipinski definition) is 1. The molecule has 5 nitrogen and oxygen atoms in total. The van der Waals surface area contributed by atoms with E-state index in [0.29, 0.717) is 19.4 Å². The van der Waals surface area contributed by atoms with Crippen molar-refractivity contribution in [2.45, 2.75) is 45.8 Å². The number of nitrogens with one attached hydrogen (secondary N) is 1. The Morgan fingerprint density at radius 3 is 2.19 bits per heavy atom. The van der Waals surface area contributed by atoms with E-state index in [-0.39, 0.29) is 5.97 Å². The van der Waals surface area contributed by atoms with Crippen molar-refractivity contribution in [3.8, 4) is 0 Å². The molecular weight excluding hydrogens is 270 g/mol. The summed E-state index contributed by atoms with van der Waals surface area (Å²) in [5.41, 5.74) is 1.53. The summed E-state index contributed by atoms with van der Waals surface area (Å²) in [6, 6.07) is 7.72. The monoisotopic (exact) mass is 293 g/mol. The molecule has 0 atom stereocenters. The predicted octanol–water partition coefficient (Wildman–Crippen LogP) is 2.82. The maximum absolute atomic E-state index is 11.5. The number of hydrogen-bond acceptors (Lipinski definition) is 4. The molecule has 0 aromatic heterocycles. The van der Waals surface area contributed by atoms with Crippen LogP contribution < -0.4 is 5.32 Å². The van der Waals surface area contributed by atoms with E-state index in [4.69, 9.17) is 4.74 Å². The molecule has 5 heteroatoms. The summed E-state index contributed by atoms with van der Waals surface area (Å²) in [6.45, 7) is 5.88. The van der Waals surface area contributed by atoms with Crippen molar-refractivity contribution in [2.24, 2.45) is 0 Å². The molecule has 21 heavy (non-hydrogen) atoms. The highest BCUT2D eigenvalue weighted by atomic mass is 16.6. The van der Waals surface area contributed by atoms with Crippen LogP contribution in [0.25, 0.3) is 0 Å². The summed E-state index contributed by atoms with van der Waals surface area (Å²) >= 11 is 0. The minimum atomic E-state index is -0.498. The molecule has 0 heterocycles. The molecule has 0 aliphatic heterocycles. The second kappa shape index (κ2) is 7.67. The van der Waals surface area contributed by atoms with Gasteiger partial charge in [0.25, 0.3) is 0 Å². The maximum Gasteiger partial charge on any atom is 0.407 e. The van der Waals surface area contributed by atoms with E-state index >= 15 is 0 Å². The van der Waals surface area contributed by atoms with Gasteiger partial charge >= 0.3 is 12.1 Å². The standard InChI is InChI=1S/C16H23NO4/c1-16(2,3)21-15(19)17-11-13-7-5-12(6-8-13)9-10-14(18)20-4/h5-8H,9-11H2,1-4H3,(H,17,19). The van der Waals surface area contributed by atoms with Gasteiger partial charge in [-0.1, -0.05) is 24.3 Å². The van der Waals surface area contributed by atoms with E-state index in [9.17, 15) is 9.59 Å². The molecule has 0 aliphatic carbocycles. The molecule has 1 amide bonds. The number of carbonyl (C=O) groups is 2. The van der Waals surface area contributed by atoms with E-state index in [0.717, 1.165) is 11.1 Å². The molecule has 1 rings (SSSR count). The molecule has 0 unspecified atom stereocenters. The van der Waals surface area contributed by atoms with Gasteiger partial charge in [-0.05, 0) is 38.3 Å². The fraction of sp³-hybridized carbons (Fsp3) is 0.500. The van der Waals surface area contributed by atoms with Crippen LogP contribution in [-0.4, -0.2) is 24.8 Å². The fourth-order valence-corrected chi connectivity index (χ4v) is 1.66. The van der Waals surface area contributed by atoms with Crippen LogP contribution in [0.2, 0.25) is 0 Å². The van der Waals surface area contributed by atoms with Crippen LogP contribution >= 0.6 is 0 Å². The molecule has 1 aromatic rings. The molecule has 1 aromatic carbocycles. The Labute approximate surface area is 125 Å². The zero-order valence-corrected chi connectivity index (χ0v) is 13.1. The number of esters is 1. The summed E-state index contributed by atoms with van der Waals surface area (Å²) in [4.78, 5) is 22.6. The highest BCUT2D eigenvalue weighted by molar-refractivity contribution is 5.69. The van der Waals surface area contributed by atoms with E-state index in [1.807, 2.05) is 45.0 Å². The van der Waals surface area contributed by atoms with Crippen LogP contribution in [0.4, 0.5) is 4.79 Å². The molecule has 0 aliphatic rings. The van der Waals surface area contributed by atoms with E-state index in [2.05, 4.69) is 10.1 Å². The molecule has 0 radical (unpaired) electrons. The van der Waals surface area contributed by atoms with Gasteiger partial charge in [0.1, 0.15) is 5.60 Å². The molecule has 0 saturated carbocycles. The largest absolute Gasteiger partial charge is 0.469 e. The number of amides is 1. The van der Waals surface area contributed by atoms with E-state index in [1.165, 1.54) is 7.11 Å². The van der Waals surface area contributed by atoms with Gasteiger partial charge in [-0.15, -0.1) is 0 Å². The first-order valence-electron chi connectivity index (χ1n) is 6.91. The summed E-state index contributed by atoms with van der Waals surface area (Å²) in [7, 11) is 1.38. The lowest BCUT2D eigenvalue weighted by Gasteiger charge is -2.19. The van der Waals surface area contributed by atoms with Crippen LogP contribution in [0.15, 0.2) is 24.3 Å². The Kier molecular flexibility index (Phi) is 6.21. The van der Waals surface area contributed by atoms with Gasteiger partial charge in [0.2, 0.25) is 0 Å². The quantitative estimate of drug-likeness (QED) is 0.848. The Hall–Kier alpha value is -2.04. The summed E-state index contributed by atoms with van der Waals surface area (Å²) in [5.74, 6) is -0.217. The topological polar surface area (TPSA) is 64.6 Å². The summed E-state index contributed by atoms with van der Waals surface area (Å²) < 4.78 is 9.76. The SMILES string of the molecule is COC(=O)CCc1ccc(CNC(=O)OC(C)(C)C)cc1. The molecule has 0 spiro atoms. The van der Waals surface area contributed by atoms with Crippen molar-refractivity contribution in [3.05, 3.63) is 35.4 Å². The van der Waals surface area contributed by atoms with Gasteiger partial charge < -0.3 is 14.8 Å². The van der Waals surface area contributed by atoms with Gasteiger partial charge in [0.15, 0.2) is 0 Å². The maximum atomic E-state index is 11.5. The third-order valence-electron chi connectivity index (χ3n) is 2.70. The Bertz CT molecular complexity index is 474. The van der Waals surface area contributed by atoms with E-state index < -0.39 is 11.7 Å². The fourth-order valence-electron chi connectivity index (χ4n) is 1.66. The van der Waals surface area contributed by atoms with Crippen LogP contribution in [0.3, 0.4) is 0 Å². The number of methoxy groups -OCH3 is 1. The lowest BCUT2D eigenvalue weighted by Crippen LogP contribution is -2.32. The van der Waals surface area contributed by atoms with Crippen LogP contribution in [0.1, 0.15) is 38.3 Å². The molecular formula is C16H23NO4. The first-order valence-corrected chi connectivity index (χ1v) is 6.91. The van der Waals surface area contributed by atoms with Crippen molar-refractivity contribution >= 4 is 12.1 Å². The van der Waals surface area contributed by atoms with Gasteiger partial charge in [-0.2, -0.15) is 0 Å². The number of aryl methyl sites for hydroxylation is 1. The third-order valence-corrected chi connectivity index (χ3v) is 2.70. The average molecular weight is 293 g/mol. The number of rotatable bonds is 5. The van der Waals surface area contributed by atoms with Crippen molar-refractivity contribution in [1.82, 2.24) is 5.32 Å². The second-order valence-electron chi connectivity index (χ2n) is 5.75. The highest BCUT2D eigenvalue weighted by Crippen LogP contribution is 2.09. The van der Waals surface area contributed by atoms with Gasteiger partial charge in [0, 0.05) is 13.0 Å². The van der Waals surface area contributed by atoms with E-state index in [1.54, 1.807) is 0 Å². The molecule has 116 valence electrons. The minimum absolute atomic E-state index is 0.217. The van der Waals surface area contributed by atoms with Crippen molar-refractivity contribution in [1.29, 1.82) is 0 Å². The summed E-state index contributed by atoms with van der Waals surface area (Å²) in [5, 5.41) is 2.70. The first-order chi connectivity index (χ1) is 9.80. The van der Waals surface area contributed by atoms with Crippen LogP contribution in [-0.2, 0) is 27.2 Å². The zero-order chi connectivity index (χ0) is 15.9. The number of benzene rings is 1. The molecule has 1 N–H and O–H groups in total. The van der Waals surface area contributed by atoms with Crippen LogP contribution in [0, 0.1) is 0 Å². The van der Waals surface area contributed by atoms with Crippen molar-refractivity contribution in [2.75, 3.05) is 7.11 Å². The average Bonchev–Trinajstić information content (AvgIpc) is 2.41. The molecule has 0 bridgehead atoms. The second-order valence-corrected chi connectivity index (χ2v) is 5.75. The lowest BCUT2D eigenvalue weighted by molar-refractivity contribution is -0.140. The smallest absolute Gasteiger partial charge is 0.407 e. The molecule has 0 saturated heterocycles. The number of ether oxygens (including phenoxy) is 2. The third kappa shape index (κ3) is 7.34. The minimum Gasteiger partial charge on any atom is -0.469 e. The lowest BCUT2D eigenvalue weighted by atomic mass is 10.1. The zero-order valence-electron chi connectivity index (χ0n) is 13.1. The highest BCUT2D eigenvalue weighted by Gasteiger charge is 2.15. The number of alkyl carbamates (subject to hydrolysis) is 1. The van der Waals surface area contributed by atoms with Crippen molar-refractivity contribution in [3.63, 3.8) is 0 Å². The number of carbonyl (C=O) groups excluding carboxylic acids is 2. The van der Waals surface area contributed by atoms with Gasteiger partial charge in [0.05, 0.1) is 7.11 Å². The summed E-state index contributed by atoms with van der Waals surface area (Å²) in [6.07, 6.45) is 0.579. The van der Waals surface area contributed by atoms with Crippen LogP contribution in [0.5, 0.6) is 0 Å². The molecule has 0 fully saturated rings. The first kappa shape index (κ1) is 17.0. The predicted molar refractivity (Wildman–Crippen MR) is 79.9 cm³/mol. The van der Waals surface area contributed by atoms with Crippen molar-refractivity contribution < 1.29 is 19.1 Å². The van der Waals surface area contributed by atoms with Gasteiger partial charge in [-0.25, -0.2) is 4.79 Å². The Morgan fingerprint density at radius 1 is 1.10 bits per heavy atom. The van der Waals surface area contributed by atoms with Gasteiger partial charge in [-0.3, -0.25) is 4.79 Å².